The van der Waals surface area contributed by atoms with Crippen molar-refractivity contribution in [2.24, 2.45) is 0 Å². The number of nitrogens with one attached hydrogen (secondary N) is 1. The molecule has 2 N–H and O–H groups in total. The lowest BCUT2D eigenvalue weighted by Gasteiger charge is -2.23. The van der Waals surface area contributed by atoms with Gasteiger partial charge in [0.2, 0.25) is 0 Å². The summed E-state index contributed by atoms with van der Waals surface area (Å²) in [5.74, 6) is 0. The molecule has 0 saturated heterocycles. The zero-order chi connectivity index (χ0) is 11.9. The number of benzene rings is 2. The van der Waals surface area contributed by atoms with Gasteiger partial charge < -0.3 is 10.4 Å². The van der Waals surface area contributed by atoms with Crippen LogP contribution in [0.5, 0.6) is 0 Å². The first-order valence-corrected chi connectivity index (χ1v) is 5.90. The predicted molar refractivity (Wildman–Crippen MR) is 69.4 cm³/mol. The van der Waals surface area contributed by atoms with E-state index >= 15 is 0 Å². The van der Waals surface area contributed by atoms with Crippen molar-refractivity contribution in [2.75, 3.05) is 11.9 Å². The smallest absolute Gasteiger partial charge is 0.134 e. The van der Waals surface area contributed by atoms with E-state index in [9.17, 15) is 5.11 Å². The fourth-order valence-electron chi connectivity index (χ4n) is 2.30. The molecule has 1 aliphatic rings. The second-order valence-electron chi connectivity index (χ2n) is 4.27. The fourth-order valence-corrected chi connectivity index (χ4v) is 2.47. The third-order valence-corrected chi connectivity index (χ3v) is 3.45. The molecule has 2 aromatic rings. The van der Waals surface area contributed by atoms with Gasteiger partial charge in [-0.05, 0) is 23.8 Å². The molecule has 0 fully saturated rings. The monoisotopic (exact) mass is 245 g/mol. The first kappa shape index (κ1) is 10.6. The Bertz CT molecular complexity index is 555. The van der Waals surface area contributed by atoms with Gasteiger partial charge in [-0.3, -0.25) is 0 Å². The summed E-state index contributed by atoms with van der Waals surface area (Å²) in [7, 11) is 0. The molecule has 3 rings (SSSR count). The minimum Gasteiger partial charge on any atom is -0.381 e. The van der Waals surface area contributed by atoms with Gasteiger partial charge in [0.05, 0.1) is 6.54 Å². The van der Waals surface area contributed by atoms with Gasteiger partial charge in [0.25, 0.3) is 0 Å². The zero-order valence-corrected chi connectivity index (χ0v) is 9.91. The largest absolute Gasteiger partial charge is 0.381 e. The maximum atomic E-state index is 10.8. The normalized spacial score (nSPS) is 22.0. The number of aliphatic hydroxyl groups is 1. The van der Waals surface area contributed by atoms with Crippen LogP contribution >= 0.6 is 11.6 Å². The molecule has 1 aliphatic heterocycles. The molecule has 0 aromatic heterocycles. The number of anilines is 1. The van der Waals surface area contributed by atoms with Crippen LogP contribution in [0.2, 0.25) is 5.02 Å². The van der Waals surface area contributed by atoms with Crippen molar-refractivity contribution in [1.29, 1.82) is 0 Å². The Morgan fingerprint density at radius 2 is 1.88 bits per heavy atom. The van der Waals surface area contributed by atoms with Gasteiger partial charge in [0, 0.05) is 16.3 Å². The average molecular weight is 246 g/mol. The average Bonchev–Trinajstić information content (AvgIpc) is 2.70. The van der Waals surface area contributed by atoms with Crippen LogP contribution in [0.15, 0.2) is 48.5 Å². The highest BCUT2D eigenvalue weighted by Gasteiger charge is 2.38. The Morgan fingerprint density at radius 3 is 2.65 bits per heavy atom. The van der Waals surface area contributed by atoms with Gasteiger partial charge in [-0.1, -0.05) is 41.9 Å². The van der Waals surface area contributed by atoms with Crippen LogP contribution in [0.25, 0.3) is 0 Å². The van der Waals surface area contributed by atoms with E-state index < -0.39 is 5.60 Å². The van der Waals surface area contributed by atoms with E-state index in [1.807, 2.05) is 48.5 Å². The molecule has 86 valence electrons. The Hall–Kier alpha value is -1.51. The zero-order valence-electron chi connectivity index (χ0n) is 9.15. The molecule has 1 heterocycles. The Kier molecular flexibility index (Phi) is 2.35. The molecule has 0 amide bonds. The summed E-state index contributed by atoms with van der Waals surface area (Å²) in [5.41, 5.74) is 1.69. The van der Waals surface area contributed by atoms with Crippen molar-refractivity contribution in [3.8, 4) is 0 Å². The van der Waals surface area contributed by atoms with Crippen LogP contribution in [-0.2, 0) is 5.60 Å². The van der Waals surface area contributed by atoms with E-state index in [4.69, 9.17) is 11.6 Å². The maximum absolute atomic E-state index is 10.8. The molecule has 1 unspecified atom stereocenters. The number of fused-ring (bicyclic) bond motifs is 1. The van der Waals surface area contributed by atoms with Crippen LogP contribution in [0.1, 0.15) is 11.1 Å². The molecule has 0 bridgehead atoms. The van der Waals surface area contributed by atoms with Crippen LogP contribution in [0.4, 0.5) is 5.69 Å². The molecule has 0 aliphatic carbocycles. The van der Waals surface area contributed by atoms with Gasteiger partial charge in [0.1, 0.15) is 5.60 Å². The highest BCUT2D eigenvalue weighted by atomic mass is 35.5. The third kappa shape index (κ3) is 1.61. The van der Waals surface area contributed by atoms with E-state index in [1.54, 1.807) is 0 Å². The third-order valence-electron chi connectivity index (χ3n) is 3.21. The van der Waals surface area contributed by atoms with Crippen LogP contribution in [0, 0.1) is 0 Å². The van der Waals surface area contributed by atoms with Crippen LogP contribution in [-0.4, -0.2) is 11.7 Å². The molecular formula is C14H12ClNO. The topological polar surface area (TPSA) is 32.3 Å². The van der Waals surface area contributed by atoms with E-state index in [1.165, 1.54) is 0 Å². The summed E-state index contributed by atoms with van der Waals surface area (Å²) in [4.78, 5) is 0. The minimum atomic E-state index is -0.985. The molecule has 3 heteroatoms. The van der Waals surface area contributed by atoms with Crippen molar-refractivity contribution >= 4 is 17.3 Å². The standard InChI is InChI=1S/C14H12ClNO/c15-11-6-7-13-12(8-11)14(17,9-16-13)10-4-2-1-3-5-10/h1-8,16-17H,9H2. The van der Waals surface area contributed by atoms with Crippen molar-refractivity contribution in [2.45, 2.75) is 5.60 Å². The van der Waals surface area contributed by atoms with E-state index in [0.717, 1.165) is 16.8 Å². The number of rotatable bonds is 1. The van der Waals surface area contributed by atoms with E-state index in [2.05, 4.69) is 5.32 Å². The van der Waals surface area contributed by atoms with Crippen molar-refractivity contribution in [1.82, 2.24) is 0 Å². The Labute approximate surface area is 105 Å². The summed E-state index contributed by atoms with van der Waals surface area (Å²) in [5, 5.41) is 14.7. The van der Waals surface area contributed by atoms with Gasteiger partial charge in [-0.2, -0.15) is 0 Å². The number of halogens is 1. The van der Waals surface area contributed by atoms with E-state index in [0.29, 0.717) is 11.6 Å². The second kappa shape index (κ2) is 3.76. The molecule has 17 heavy (non-hydrogen) atoms. The van der Waals surface area contributed by atoms with Crippen LogP contribution < -0.4 is 5.32 Å². The highest BCUT2D eigenvalue weighted by molar-refractivity contribution is 6.30. The lowest BCUT2D eigenvalue weighted by Crippen LogP contribution is -2.29. The second-order valence-corrected chi connectivity index (χ2v) is 4.71. The number of hydrogen-bond donors (Lipinski definition) is 2. The summed E-state index contributed by atoms with van der Waals surface area (Å²) in [6, 6.07) is 15.2. The Balaban J connectivity index is 2.16. The van der Waals surface area contributed by atoms with Gasteiger partial charge in [-0.25, -0.2) is 0 Å². The van der Waals surface area contributed by atoms with Crippen LogP contribution in [0.3, 0.4) is 0 Å². The lowest BCUT2D eigenvalue weighted by atomic mass is 9.88. The Morgan fingerprint density at radius 1 is 1.12 bits per heavy atom. The summed E-state index contributed by atoms with van der Waals surface area (Å²) < 4.78 is 0. The first-order valence-electron chi connectivity index (χ1n) is 5.52. The summed E-state index contributed by atoms with van der Waals surface area (Å²) >= 11 is 6.00. The molecule has 2 aromatic carbocycles. The first-order chi connectivity index (χ1) is 8.20. The summed E-state index contributed by atoms with van der Waals surface area (Å²) in [6.45, 7) is 0.479. The van der Waals surface area contributed by atoms with Gasteiger partial charge in [0.15, 0.2) is 0 Å². The lowest BCUT2D eigenvalue weighted by molar-refractivity contribution is 0.103. The summed E-state index contributed by atoms with van der Waals surface area (Å²) in [6.07, 6.45) is 0. The quantitative estimate of drug-likeness (QED) is 0.810. The maximum Gasteiger partial charge on any atom is 0.134 e. The number of hydrogen-bond acceptors (Lipinski definition) is 2. The predicted octanol–water partition coefficient (Wildman–Crippen LogP) is 3.00. The molecule has 0 radical (unpaired) electrons. The SMILES string of the molecule is OC1(c2ccccc2)CNc2ccc(Cl)cc21. The molecule has 1 atom stereocenters. The number of β-amino-alcohol motifs (C(OH)–C–C–N with tert-alkyl or cyclic N) is 1. The minimum absolute atomic E-state index is 0.479. The fraction of sp³-hybridized carbons (Fsp3) is 0.143. The van der Waals surface area contributed by atoms with E-state index in [-0.39, 0.29) is 0 Å². The molecule has 0 saturated carbocycles. The van der Waals surface area contributed by atoms with Crippen molar-refractivity contribution in [3.05, 3.63) is 64.7 Å². The van der Waals surface area contributed by atoms with Crippen molar-refractivity contribution < 1.29 is 5.11 Å². The van der Waals surface area contributed by atoms with Gasteiger partial charge >= 0.3 is 0 Å². The molecule has 0 spiro atoms. The van der Waals surface area contributed by atoms with Gasteiger partial charge in [-0.15, -0.1) is 0 Å². The van der Waals surface area contributed by atoms with Crippen molar-refractivity contribution in [3.63, 3.8) is 0 Å². The molecule has 2 nitrogen and oxygen atoms in total. The molecular weight excluding hydrogens is 234 g/mol. The highest BCUT2D eigenvalue weighted by Crippen LogP contribution is 2.40.